The Hall–Kier alpha value is -2.52. The predicted octanol–water partition coefficient (Wildman–Crippen LogP) is 4.95. The van der Waals surface area contributed by atoms with Crippen molar-refractivity contribution in [3.8, 4) is 0 Å². The van der Waals surface area contributed by atoms with Crippen molar-refractivity contribution < 1.29 is 31.5 Å². The number of benzene rings is 2. The molecule has 1 unspecified atom stereocenters. The van der Waals surface area contributed by atoms with Gasteiger partial charge in [0.15, 0.2) is 9.84 Å². The number of rotatable bonds is 4. The van der Waals surface area contributed by atoms with E-state index in [1.807, 2.05) is 4.57 Å². The number of fused-ring (bicyclic) bond motifs is 3. The summed E-state index contributed by atoms with van der Waals surface area (Å²) >= 11 is 6.16. The van der Waals surface area contributed by atoms with E-state index in [9.17, 15) is 31.5 Å². The highest BCUT2D eigenvalue weighted by Crippen LogP contribution is 2.39. The number of hydrogen-bond donors (Lipinski definition) is 1. The predicted molar refractivity (Wildman–Crippen MR) is 114 cm³/mol. The molecular formula is C22H19ClF3NO4S. The van der Waals surface area contributed by atoms with Gasteiger partial charge in [-0.3, -0.25) is 4.79 Å². The van der Waals surface area contributed by atoms with Crippen LogP contribution in [0.5, 0.6) is 0 Å². The molecule has 5 nitrogen and oxygen atoms in total. The molecule has 1 N–H and O–H groups in total. The quantitative estimate of drug-likeness (QED) is 0.567. The number of aromatic nitrogens is 1. The van der Waals surface area contributed by atoms with Gasteiger partial charge in [-0.1, -0.05) is 17.7 Å². The van der Waals surface area contributed by atoms with E-state index in [-0.39, 0.29) is 18.5 Å². The summed E-state index contributed by atoms with van der Waals surface area (Å²) in [5.41, 5.74) is 1.07. The van der Waals surface area contributed by atoms with Crippen LogP contribution in [0.3, 0.4) is 0 Å². The van der Waals surface area contributed by atoms with Gasteiger partial charge in [0.1, 0.15) is 0 Å². The van der Waals surface area contributed by atoms with Crippen molar-refractivity contribution >= 4 is 38.3 Å². The lowest BCUT2D eigenvalue weighted by Gasteiger charge is -2.23. The number of sulfone groups is 1. The number of carbonyl (C=O) groups is 1. The first-order chi connectivity index (χ1) is 14.9. The molecule has 2 heterocycles. The van der Waals surface area contributed by atoms with Gasteiger partial charge in [0.2, 0.25) is 0 Å². The molecule has 3 aromatic rings. The molecule has 10 heteroatoms. The van der Waals surface area contributed by atoms with Crippen molar-refractivity contribution in [1.29, 1.82) is 0 Å². The monoisotopic (exact) mass is 485 g/mol. The Labute approximate surface area is 187 Å². The van der Waals surface area contributed by atoms with E-state index in [4.69, 9.17) is 11.6 Å². The summed E-state index contributed by atoms with van der Waals surface area (Å²) in [6, 6.07) is 8.12. The third-order valence-corrected chi connectivity index (χ3v) is 7.26. The second-order valence-corrected chi connectivity index (χ2v) is 10.5. The van der Waals surface area contributed by atoms with Crippen molar-refractivity contribution in [2.75, 3.05) is 6.26 Å². The molecule has 0 amide bonds. The highest BCUT2D eigenvalue weighted by atomic mass is 35.5. The number of hydrogen-bond acceptors (Lipinski definition) is 3. The van der Waals surface area contributed by atoms with E-state index in [2.05, 4.69) is 0 Å². The lowest BCUT2D eigenvalue weighted by atomic mass is 9.93. The Bertz CT molecular complexity index is 1350. The fraction of sp³-hybridized carbons (Fsp3) is 0.318. The lowest BCUT2D eigenvalue weighted by Crippen LogP contribution is -2.26. The summed E-state index contributed by atoms with van der Waals surface area (Å²) in [6.07, 6.45) is -3.18. The normalized spacial score (nSPS) is 16.8. The summed E-state index contributed by atoms with van der Waals surface area (Å²) in [6.45, 7) is 0.224. The van der Waals surface area contributed by atoms with Gasteiger partial charge in [0.05, 0.1) is 16.4 Å². The van der Waals surface area contributed by atoms with Crippen LogP contribution in [-0.4, -0.2) is 30.3 Å². The third kappa shape index (κ3) is 4.11. The number of nitrogens with zero attached hydrogens (tertiary/aromatic N) is 1. The highest BCUT2D eigenvalue weighted by Gasteiger charge is 2.35. The Kier molecular flexibility index (Phi) is 5.53. The lowest BCUT2D eigenvalue weighted by molar-refractivity contribution is -0.142. The van der Waals surface area contributed by atoms with Crippen LogP contribution in [0.25, 0.3) is 10.9 Å². The Morgan fingerprint density at radius 1 is 1.22 bits per heavy atom. The van der Waals surface area contributed by atoms with E-state index in [0.717, 1.165) is 11.9 Å². The van der Waals surface area contributed by atoms with Gasteiger partial charge in [-0.25, -0.2) is 8.42 Å². The van der Waals surface area contributed by atoms with E-state index in [1.165, 1.54) is 12.1 Å². The number of carboxylic acids is 1. The standard InChI is InChI=1S/C22H19ClF3NO4S/c1-32(30,31)15-5-2-12(18(10-15)22(24,25)26)8-16-17-9-14(23)4-7-20(17)27-11-13(21(28)29)3-6-19(16)27/h2,4-5,7,9-10,13H,3,6,8,11H2,1H3,(H,28,29). The summed E-state index contributed by atoms with van der Waals surface area (Å²) < 4.78 is 66.9. The molecular weight excluding hydrogens is 467 g/mol. The summed E-state index contributed by atoms with van der Waals surface area (Å²) in [7, 11) is -3.81. The smallest absolute Gasteiger partial charge is 0.416 e. The van der Waals surface area contributed by atoms with Gasteiger partial charge in [0, 0.05) is 40.8 Å². The molecule has 0 bridgehead atoms. The van der Waals surface area contributed by atoms with Crippen LogP contribution in [0.15, 0.2) is 41.3 Å². The average Bonchev–Trinajstić information content (AvgIpc) is 2.99. The molecule has 0 radical (unpaired) electrons. The summed E-state index contributed by atoms with van der Waals surface area (Å²) in [5.74, 6) is -1.50. The first-order valence-electron chi connectivity index (χ1n) is 9.78. The molecule has 0 aliphatic carbocycles. The minimum atomic E-state index is -4.74. The van der Waals surface area contributed by atoms with Crippen LogP contribution in [0, 0.1) is 5.92 Å². The molecule has 4 rings (SSSR count). The molecule has 0 spiro atoms. The van der Waals surface area contributed by atoms with E-state index < -0.39 is 38.4 Å². The number of alkyl halides is 3. The molecule has 32 heavy (non-hydrogen) atoms. The highest BCUT2D eigenvalue weighted by molar-refractivity contribution is 7.90. The maximum Gasteiger partial charge on any atom is 0.416 e. The van der Waals surface area contributed by atoms with E-state index >= 15 is 0 Å². The van der Waals surface area contributed by atoms with Gasteiger partial charge in [-0.05, 0) is 54.3 Å². The molecule has 1 aromatic heterocycles. The van der Waals surface area contributed by atoms with E-state index in [1.54, 1.807) is 18.2 Å². The van der Waals surface area contributed by atoms with Crippen molar-refractivity contribution in [1.82, 2.24) is 4.57 Å². The van der Waals surface area contributed by atoms with Crippen LogP contribution in [-0.2, 0) is 40.2 Å². The topological polar surface area (TPSA) is 76.4 Å². The zero-order valence-corrected chi connectivity index (χ0v) is 18.5. The molecule has 1 aliphatic rings. The Morgan fingerprint density at radius 2 is 1.94 bits per heavy atom. The van der Waals surface area contributed by atoms with Gasteiger partial charge in [-0.15, -0.1) is 0 Å². The summed E-state index contributed by atoms with van der Waals surface area (Å²) in [4.78, 5) is 11.1. The van der Waals surface area contributed by atoms with Crippen molar-refractivity contribution in [3.63, 3.8) is 0 Å². The third-order valence-electron chi connectivity index (χ3n) is 5.91. The zero-order valence-electron chi connectivity index (χ0n) is 16.9. The first-order valence-corrected chi connectivity index (χ1v) is 12.1. The molecule has 1 aliphatic heterocycles. The van der Waals surface area contributed by atoms with Crippen molar-refractivity contribution in [3.05, 3.63) is 63.8 Å². The van der Waals surface area contributed by atoms with Crippen molar-refractivity contribution in [2.45, 2.75) is 36.9 Å². The largest absolute Gasteiger partial charge is 0.481 e. The minimum Gasteiger partial charge on any atom is -0.481 e. The van der Waals surface area contributed by atoms with Gasteiger partial charge in [0.25, 0.3) is 0 Å². The van der Waals surface area contributed by atoms with Crippen LogP contribution in [0.4, 0.5) is 13.2 Å². The molecule has 0 saturated heterocycles. The minimum absolute atomic E-state index is 0.0551. The fourth-order valence-electron chi connectivity index (χ4n) is 4.36. The molecule has 0 saturated carbocycles. The molecule has 170 valence electrons. The van der Waals surface area contributed by atoms with Gasteiger partial charge >= 0.3 is 12.1 Å². The SMILES string of the molecule is CS(=O)(=O)c1ccc(Cc2c3n(c4ccc(Cl)cc24)CC(C(=O)O)CC3)c(C(F)(F)F)c1. The van der Waals surface area contributed by atoms with Crippen molar-refractivity contribution in [2.24, 2.45) is 5.92 Å². The van der Waals surface area contributed by atoms with E-state index in [0.29, 0.717) is 40.4 Å². The first kappa shape index (κ1) is 22.7. The Morgan fingerprint density at radius 3 is 2.56 bits per heavy atom. The van der Waals surface area contributed by atoms with Crippen LogP contribution >= 0.6 is 11.6 Å². The molecule has 2 aromatic carbocycles. The van der Waals surface area contributed by atoms with Gasteiger partial charge < -0.3 is 9.67 Å². The maximum absolute atomic E-state index is 13.8. The molecule has 0 fully saturated rings. The number of carboxylic acid groups (broad SMARTS) is 1. The number of halogens is 4. The zero-order chi connectivity index (χ0) is 23.4. The second kappa shape index (κ2) is 7.81. The average molecular weight is 486 g/mol. The maximum atomic E-state index is 13.8. The number of aliphatic carboxylic acids is 1. The summed E-state index contributed by atoms with van der Waals surface area (Å²) in [5, 5.41) is 10.5. The second-order valence-electron chi connectivity index (χ2n) is 8.04. The van der Waals surface area contributed by atoms with Crippen LogP contribution in [0.1, 0.15) is 28.8 Å². The Balaban J connectivity index is 1.89. The van der Waals surface area contributed by atoms with Crippen LogP contribution in [0.2, 0.25) is 5.02 Å². The molecule has 1 atom stereocenters. The van der Waals surface area contributed by atoms with Gasteiger partial charge in [-0.2, -0.15) is 13.2 Å². The van der Waals surface area contributed by atoms with Crippen LogP contribution < -0.4 is 0 Å². The fourth-order valence-corrected chi connectivity index (χ4v) is 5.18.